The number of nitrogens with one attached hydrogen (secondary N) is 1. The van der Waals surface area contributed by atoms with E-state index in [1.54, 1.807) is 0 Å². The maximum Gasteiger partial charge on any atom is 0.140 e. The van der Waals surface area contributed by atoms with Gasteiger partial charge in [-0.15, -0.1) is 0 Å². The smallest absolute Gasteiger partial charge is 0.140 e. The molecule has 1 N–H and O–H groups in total. The van der Waals surface area contributed by atoms with Crippen molar-refractivity contribution in [2.24, 2.45) is 0 Å². The van der Waals surface area contributed by atoms with Gasteiger partial charge in [-0.3, -0.25) is 0 Å². The topological polar surface area (TPSA) is 15.8 Å². The Morgan fingerprint density at radius 2 is 2.09 bits per heavy atom. The zero-order valence-electron chi connectivity index (χ0n) is 6.81. The number of hydrogen-bond acceptors (Lipinski definition) is 0. The van der Waals surface area contributed by atoms with Crippen LogP contribution in [0.25, 0.3) is 10.9 Å². The maximum atomic E-state index is 3.19. The van der Waals surface area contributed by atoms with Crippen molar-refractivity contribution < 1.29 is 0 Å². The molecule has 0 spiro atoms. The molecule has 11 heavy (non-hydrogen) atoms. The first-order valence-corrected chi connectivity index (χ1v) is 3.82. The number of aromatic nitrogens is 1. The fourth-order valence-electron chi connectivity index (χ4n) is 1.39. The molecule has 0 saturated carbocycles. The van der Waals surface area contributed by atoms with Gasteiger partial charge in [0, 0.05) is 11.7 Å². The second-order valence-electron chi connectivity index (χ2n) is 2.95. The van der Waals surface area contributed by atoms with Gasteiger partial charge in [-0.25, -0.2) is 0 Å². The molecule has 54 valence electrons. The minimum absolute atomic E-state index is 1.23. The normalized spacial score (nSPS) is 10.6. The highest BCUT2D eigenvalue weighted by atomic mass is 14.7. The molecule has 1 aromatic heterocycles. The zero-order valence-corrected chi connectivity index (χ0v) is 6.81. The van der Waals surface area contributed by atoms with Crippen LogP contribution in [0.2, 0.25) is 0 Å². The van der Waals surface area contributed by atoms with E-state index in [1.165, 1.54) is 21.9 Å². The molecule has 1 heterocycles. The number of hydrogen-bond donors (Lipinski definition) is 1. The Kier molecular flexibility index (Phi) is 1.28. The van der Waals surface area contributed by atoms with Crippen LogP contribution in [0, 0.1) is 6.92 Å². The van der Waals surface area contributed by atoms with Gasteiger partial charge in [0.1, 0.15) is 7.85 Å². The second-order valence-corrected chi connectivity index (χ2v) is 2.95. The quantitative estimate of drug-likeness (QED) is 0.523. The third kappa shape index (κ3) is 0.863. The van der Waals surface area contributed by atoms with Gasteiger partial charge >= 0.3 is 0 Å². The SMILES string of the molecule is Bc1c(C)ccc2[nH]ccc12. The Morgan fingerprint density at radius 1 is 1.27 bits per heavy atom. The zero-order chi connectivity index (χ0) is 7.84. The number of aromatic amines is 1. The summed E-state index contributed by atoms with van der Waals surface area (Å²) in [6.07, 6.45) is 1.98. The van der Waals surface area contributed by atoms with Crippen molar-refractivity contribution in [3.8, 4) is 0 Å². The van der Waals surface area contributed by atoms with Gasteiger partial charge in [0.05, 0.1) is 0 Å². The molecule has 0 unspecified atom stereocenters. The van der Waals surface area contributed by atoms with Crippen molar-refractivity contribution in [1.82, 2.24) is 4.98 Å². The predicted octanol–water partition coefficient (Wildman–Crippen LogP) is 0.735. The van der Waals surface area contributed by atoms with Crippen LogP contribution in [0.15, 0.2) is 24.4 Å². The lowest BCUT2D eigenvalue weighted by Gasteiger charge is -1.99. The van der Waals surface area contributed by atoms with Crippen LogP contribution in [-0.4, -0.2) is 12.8 Å². The van der Waals surface area contributed by atoms with Crippen molar-refractivity contribution >= 4 is 24.2 Å². The molecule has 0 fully saturated rings. The molecule has 0 bridgehead atoms. The molecule has 0 atom stereocenters. The Bertz CT molecular complexity index is 389. The molecule has 2 aromatic rings. The van der Waals surface area contributed by atoms with Crippen LogP contribution in [0.5, 0.6) is 0 Å². The average molecular weight is 143 g/mol. The Balaban J connectivity index is 2.93. The van der Waals surface area contributed by atoms with E-state index in [2.05, 4.69) is 38.0 Å². The molecule has 0 aliphatic rings. The van der Waals surface area contributed by atoms with E-state index < -0.39 is 0 Å². The van der Waals surface area contributed by atoms with Crippen molar-refractivity contribution in [2.45, 2.75) is 6.92 Å². The fourth-order valence-corrected chi connectivity index (χ4v) is 1.39. The molecule has 1 aromatic carbocycles. The molecule has 0 amide bonds. The average Bonchev–Trinajstić information content (AvgIpc) is 2.45. The minimum Gasteiger partial charge on any atom is -0.361 e. The van der Waals surface area contributed by atoms with Crippen molar-refractivity contribution in [3.05, 3.63) is 30.0 Å². The highest BCUT2D eigenvalue weighted by Gasteiger charge is 1.98. The summed E-state index contributed by atoms with van der Waals surface area (Å²) >= 11 is 0. The van der Waals surface area contributed by atoms with Gasteiger partial charge < -0.3 is 4.98 Å². The van der Waals surface area contributed by atoms with E-state index in [0.717, 1.165) is 0 Å². The van der Waals surface area contributed by atoms with Crippen LogP contribution in [0.3, 0.4) is 0 Å². The van der Waals surface area contributed by atoms with Gasteiger partial charge in [-0.2, -0.15) is 0 Å². The molecular formula is C9H10BN. The Morgan fingerprint density at radius 3 is 2.91 bits per heavy atom. The van der Waals surface area contributed by atoms with Crippen molar-refractivity contribution in [3.63, 3.8) is 0 Å². The van der Waals surface area contributed by atoms with E-state index in [-0.39, 0.29) is 0 Å². The van der Waals surface area contributed by atoms with Gasteiger partial charge in [-0.1, -0.05) is 17.1 Å². The Hall–Kier alpha value is -1.18. The van der Waals surface area contributed by atoms with Crippen LogP contribution < -0.4 is 5.46 Å². The van der Waals surface area contributed by atoms with Gasteiger partial charge in [0.25, 0.3) is 0 Å². The predicted molar refractivity (Wildman–Crippen MR) is 51.2 cm³/mol. The third-order valence-electron chi connectivity index (χ3n) is 2.27. The first-order chi connectivity index (χ1) is 5.29. The molecule has 0 aliphatic heterocycles. The minimum atomic E-state index is 1.23. The van der Waals surface area contributed by atoms with E-state index in [4.69, 9.17) is 0 Å². The highest BCUT2D eigenvalue weighted by Crippen LogP contribution is 2.09. The first kappa shape index (κ1) is 6.53. The maximum absolute atomic E-state index is 3.19. The first-order valence-electron chi connectivity index (χ1n) is 3.82. The number of rotatable bonds is 0. The highest BCUT2D eigenvalue weighted by molar-refractivity contribution is 6.39. The van der Waals surface area contributed by atoms with Gasteiger partial charge in [0.2, 0.25) is 0 Å². The van der Waals surface area contributed by atoms with Crippen molar-refractivity contribution in [1.29, 1.82) is 0 Å². The molecule has 2 heteroatoms. The van der Waals surface area contributed by atoms with Crippen molar-refractivity contribution in [2.75, 3.05) is 0 Å². The summed E-state index contributed by atoms with van der Waals surface area (Å²) in [6.45, 7) is 2.14. The summed E-state index contributed by atoms with van der Waals surface area (Å²) in [5, 5.41) is 1.34. The molecule has 0 saturated heterocycles. The summed E-state index contributed by atoms with van der Waals surface area (Å²) in [5.74, 6) is 0. The lowest BCUT2D eigenvalue weighted by atomic mass is 9.88. The Labute approximate surface area is 66.8 Å². The third-order valence-corrected chi connectivity index (χ3v) is 2.27. The van der Waals surface area contributed by atoms with Crippen LogP contribution in [0.4, 0.5) is 0 Å². The van der Waals surface area contributed by atoms with E-state index in [1.807, 2.05) is 6.20 Å². The monoisotopic (exact) mass is 143 g/mol. The molecule has 0 radical (unpaired) electrons. The molecule has 1 nitrogen and oxygen atoms in total. The number of H-pyrrole nitrogens is 1. The summed E-state index contributed by atoms with van der Waals surface area (Å²) in [7, 11) is 2.16. The van der Waals surface area contributed by atoms with E-state index in [9.17, 15) is 0 Å². The standard InChI is InChI=1S/C9H10BN/c1-6-2-3-8-7(9(6)10)4-5-11-8/h2-5,11H,10H2,1H3. The van der Waals surface area contributed by atoms with E-state index in [0.29, 0.717) is 0 Å². The van der Waals surface area contributed by atoms with Gasteiger partial charge in [-0.05, 0) is 24.4 Å². The molecule has 2 rings (SSSR count). The van der Waals surface area contributed by atoms with Crippen LogP contribution in [0.1, 0.15) is 5.56 Å². The lowest BCUT2D eigenvalue weighted by molar-refractivity contribution is 1.47. The summed E-state index contributed by atoms with van der Waals surface area (Å²) in [5.41, 5.74) is 3.97. The largest absolute Gasteiger partial charge is 0.361 e. The molecular weight excluding hydrogens is 133 g/mol. The second kappa shape index (κ2) is 2.16. The lowest BCUT2D eigenvalue weighted by Crippen LogP contribution is -2.06. The number of benzene rings is 1. The van der Waals surface area contributed by atoms with Crippen LogP contribution >= 0.6 is 0 Å². The number of aryl methyl sites for hydroxylation is 1. The van der Waals surface area contributed by atoms with Crippen LogP contribution in [-0.2, 0) is 0 Å². The summed E-state index contributed by atoms with van der Waals surface area (Å²) < 4.78 is 0. The van der Waals surface area contributed by atoms with Gasteiger partial charge in [0.15, 0.2) is 0 Å². The summed E-state index contributed by atoms with van der Waals surface area (Å²) in [4.78, 5) is 3.19. The summed E-state index contributed by atoms with van der Waals surface area (Å²) in [6, 6.07) is 6.39. The van der Waals surface area contributed by atoms with E-state index >= 15 is 0 Å². The fraction of sp³-hybridized carbons (Fsp3) is 0.111. The molecule has 0 aliphatic carbocycles. The number of fused-ring (bicyclic) bond motifs is 1.